The number of anilines is 1. The Morgan fingerprint density at radius 3 is 2.37 bits per heavy atom. The van der Waals surface area contributed by atoms with Crippen LogP contribution in [0.3, 0.4) is 0 Å². The van der Waals surface area contributed by atoms with Gasteiger partial charge in [0, 0.05) is 37.9 Å². The number of ether oxygens (including phenoxy) is 2. The maximum absolute atomic E-state index is 13.5. The smallest absolute Gasteiger partial charge is 0.416 e. The first kappa shape index (κ1) is 25.3. The number of amidine groups is 1. The van der Waals surface area contributed by atoms with Crippen LogP contribution in [0.4, 0.5) is 38.1 Å². The Bertz CT molecular complexity index is 1420. The summed E-state index contributed by atoms with van der Waals surface area (Å²) < 4.78 is 78.1. The number of rotatable bonds is 2. The first-order valence-electron chi connectivity index (χ1n) is 11.5. The number of halogens is 5. The fraction of sp³-hybridized carbons (Fsp3) is 0.231. The molecule has 2 aliphatic heterocycles. The Morgan fingerprint density at radius 2 is 1.68 bits per heavy atom. The molecule has 0 aromatic heterocycles. The number of benzene rings is 3. The van der Waals surface area contributed by atoms with Gasteiger partial charge in [-0.2, -0.15) is 13.2 Å². The number of hydrogen-bond acceptors (Lipinski definition) is 5. The van der Waals surface area contributed by atoms with Crippen LogP contribution in [0.2, 0.25) is 0 Å². The molecule has 1 N–H and O–H groups in total. The number of fused-ring (bicyclic) bond motifs is 2. The lowest BCUT2D eigenvalue weighted by Crippen LogP contribution is -2.51. The number of carbonyl (C=O) groups excluding carboxylic acids is 1. The molecule has 5 rings (SSSR count). The lowest BCUT2D eigenvalue weighted by atomic mass is 10.1. The predicted octanol–water partition coefficient (Wildman–Crippen LogP) is 6.03. The van der Waals surface area contributed by atoms with Crippen LogP contribution < -0.4 is 14.8 Å². The van der Waals surface area contributed by atoms with Gasteiger partial charge in [0.1, 0.15) is 23.0 Å². The minimum atomic E-state index is -4.56. The van der Waals surface area contributed by atoms with Crippen LogP contribution in [-0.2, 0) is 6.18 Å². The van der Waals surface area contributed by atoms with Crippen molar-refractivity contribution >= 4 is 23.2 Å². The maximum atomic E-state index is 13.5. The number of nitrogens with one attached hydrogen (secondary N) is 1. The highest BCUT2D eigenvalue weighted by Gasteiger charge is 2.33. The molecule has 7 nitrogen and oxygen atoms in total. The lowest BCUT2D eigenvalue weighted by Gasteiger charge is -2.36. The summed E-state index contributed by atoms with van der Waals surface area (Å²) in [6, 6.07) is 10.7. The van der Waals surface area contributed by atoms with Gasteiger partial charge in [0.25, 0.3) is 0 Å². The minimum absolute atomic E-state index is 0.0171. The van der Waals surface area contributed by atoms with Gasteiger partial charge in [-0.25, -0.2) is 18.6 Å². The van der Waals surface area contributed by atoms with E-state index in [-0.39, 0.29) is 30.2 Å². The quantitative estimate of drug-likeness (QED) is 0.410. The van der Waals surface area contributed by atoms with Gasteiger partial charge >= 0.3 is 12.2 Å². The SMILES string of the molecule is COc1ccc2c(c1)C(N1CCN(C(=O)Nc3ccc(F)c(F)c3)CC1)=Nc1cc(C(F)(F)F)ccc1O2. The number of hydrogen-bond donors (Lipinski definition) is 1. The van der Waals surface area contributed by atoms with Crippen LogP contribution in [-0.4, -0.2) is 55.0 Å². The summed E-state index contributed by atoms with van der Waals surface area (Å²) in [5, 5.41) is 2.54. The largest absolute Gasteiger partial charge is 0.497 e. The molecule has 0 aliphatic carbocycles. The van der Waals surface area contributed by atoms with Gasteiger partial charge in [0.05, 0.1) is 18.2 Å². The zero-order valence-electron chi connectivity index (χ0n) is 20.0. The van der Waals surface area contributed by atoms with E-state index >= 15 is 0 Å². The molecule has 3 aromatic carbocycles. The van der Waals surface area contributed by atoms with Crippen molar-refractivity contribution < 1.29 is 36.2 Å². The van der Waals surface area contributed by atoms with Crippen molar-refractivity contribution in [3.05, 3.63) is 77.4 Å². The normalized spacial score (nSPS) is 15.1. The van der Waals surface area contributed by atoms with Crippen molar-refractivity contribution in [3.63, 3.8) is 0 Å². The molecule has 3 aromatic rings. The van der Waals surface area contributed by atoms with Gasteiger partial charge in [-0.3, -0.25) is 0 Å². The van der Waals surface area contributed by atoms with E-state index < -0.39 is 29.4 Å². The molecule has 2 aliphatic rings. The van der Waals surface area contributed by atoms with Gasteiger partial charge in [0.2, 0.25) is 0 Å². The Balaban J connectivity index is 1.41. The maximum Gasteiger partial charge on any atom is 0.416 e. The minimum Gasteiger partial charge on any atom is -0.497 e. The zero-order valence-corrected chi connectivity index (χ0v) is 20.0. The fourth-order valence-corrected chi connectivity index (χ4v) is 4.20. The van der Waals surface area contributed by atoms with Crippen LogP contribution in [0.15, 0.2) is 59.6 Å². The molecular formula is C26H21F5N4O3. The molecule has 0 saturated carbocycles. The topological polar surface area (TPSA) is 66.4 Å². The molecule has 1 saturated heterocycles. The number of alkyl halides is 3. The van der Waals surface area contributed by atoms with Crippen molar-refractivity contribution in [1.82, 2.24) is 9.80 Å². The molecule has 38 heavy (non-hydrogen) atoms. The Hall–Kier alpha value is -4.35. The summed E-state index contributed by atoms with van der Waals surface area (Å²) in [5.74, 6) is -0.662. The zero-order chi connectivity index (χ0) is 27.0. The van der Waals surface area contributed by atoms with Gasteiger partial charge in [-0.05, 0) is 48.5 Å². The van der Waals surface area contributed by atoms with Crippen LogP contribution in [0.1, 0.15) is 11.1 Å². The molecular weight excluding hydrogens is 511 g/mol. The predicted molar refractivity (Wildman–Crippen MR) is 129 cm³/mol. The highest BCUT2D eigenvalue weighted by Crippen LogP contribution is 2.42. The molecule has 0 bridgehead atoms. The molecule has 1 fully saturated rings. The number of urea groups is 1. The number of methoxy groups -OCH3 is 1. The molecule has 2 amide bonds. The van der Waals surface area contributed by atoms with Crippen LogP contribution in [0.25, 0.3) is 0 Å². The summed E-state index contributed by atoms with van der Waals surface area (Å²) in [4.78, 5) is 20.6. The summed E-state index contributed by atoms with van der Waals surface area (Å²) in [6.07, 6.45) is -4.56. The summed E-state index contributed by atoms with van der Waals surface area (Å²) in [6.45, 7) is 1.08. The van der Waals surface area contributed by atoms with E-state index in [0.29, 0.717) is 36.0 Å². The van der Waals surface area contributed by atoms with Crippen LogP contribution in [0, 0.1) is 11.6 Å². The second-order valence-electron chi connectivity index (χ2n) is 8.61. The third kappa shape index (κ3) is 5.06. The number of aliphatic imine (C=N–C) groups is 1. The average molecular weight is 532 g/mol. The van der Waals surface area contributed by atoms with Crippen molar-refractivity contribution in [2.75, 3.05) is 38.6 Å². The lowest BCUT2D eigenvalue weighted by molar-refractivity contribution is -0.137. The average Bonchev–Trinajstić information content (AvgIpc) is 3.06. The monoisotopic (exact) mass is 532 g/mol. The standard InChI is InChI=1S/C26H21F5N4O3/c1-37-17-4-7-22-18(14-17)24(33-21-12-15(26(29,30)31)2-6-23(21)38-22)34-8-10-35(11-9-34)25(36)32-16-3-5-19(27)20(28)13-16/h2-7,12-14H,8-11H2,1H3,(H,32,36). The van der Waals surface area contributed by atoms with Gasteiger partial charge in [-0.1, -0.05) is 0 Å². The van der Waals surface area contributed by atoms with E-state index in [4.69, 9.17) is 9.47 Å². The van der Waals surface area contributed by atoms with Crippen LogP contribution >= 0.6 is 0 Å². The molecule has 0 spiro atoms. The number of carbonyl (C=O) groups is 1. The highest BCUT2D eigenvalue weighted by molar-refractivity contribution is 6.04. The molecule has 0 atom stereocenters. The van der Waals surface area contributed by atoms with E-state index in [1.54, 1.807) is 18.2 Å². The number of nitrogens with zero attached hydrogens (tertiary/aromatic N) is 3. The Labute approximate surface area is 214 Å². The van der Waals surface area contributed by atoms with Gasteiger partial charge in [0.15, 0.2) is 17.4 Å². The van der Waals surface area contributed by atoms with E-state index in [2.05, 4.69) is 10.3 Å². The number of amides is 2. The fourth-order valence-electron chi connectivity index (χ4n) is 4.20. The third-order valence-corrected chi connectivity index (χ3v) is 6.20. The van der Waals surface area contributed by atoms with Gasteiger partial charge in [-0.15, -0.1) is 0 Å². The van der Waals surface area contributed by atoms with Crippen molar-refractivity contribution in [3.8, 4) is 17.2 Å². The summed E-state index contributed by atoms with van der Waals surface area (Å²) >= 11 is 0. The van der Waals surface area contributed by atoms with E-state index in [0.717, 1.165) is 24.3 Å². The first-order chi connectivity index (χ1) is 18.1. The molecule has 198 valence electrons. The third-order valence-electron chi connectivity index (χ3n) is 6.20. The molecule has 0 radical (unpaired) electrons. The highest BCUT2D eigenvalue weighted by atomic mass is 19.4. The second-order valence-corrected chi connectivity index (χ2v) is 8.61. The summed E-state index contributed by atoms with van der Waals surface area (Å²) in [5.41, 5.74) is -0.206. The Morgan fingerprint density at radius 1 is 0.947 bits per heavy atom. The first-order valence-corrected chi connectivity index (χ1v) is 11.5. The second kappa shape index (κ2) is 9.84. The van der Waals surface area contributed by atoms with Crippen molar-refractivity contribution in [2.24, 2.45) is 4.99 Å². The van der Waals surface area contributed by atoms with Crippen LogP contribution in [0.5, 0.6) is 17.2 Å². The molecule has 0 unspecified atom stereocenters. The van der Waals surface area contributed by atoms with E-state index in [1.165, 1.54) is 24.1 Å². The molecule has 12 heteroatoms. The molecule has 2 heterocycles. The van der Waals surface area contributed by atoms with Gasteiger partial charge < -0.3 is 24.6 Å². The van der Waals surface area contributed by atoms with E-state index in [9.17, 15) is 26.7 Å². The van der Waals surface area contributed by atoms with Crippen molar-refractivity contribution in [2.45, 2.75) is 6.18 Å². The number of piperazine rings is 1. The van der Waals surface area contributed by atoms with Crippen molar-refractivity contribution in [1.29, 1.82) is 0 Å². The summed E-state index contributed by atoms with van der Waals surface area (Å²) in [7, 11) is 1.49. The Kier molecular flexibility index (Phi) is 6.55. The van der Waals surface area contributed by atoms with E-state index in [1.807, 2.05) is 4.90 Å².